The van der Waals surface area contributed by atoms with Gasteiger partial charge in [-0.3, -0.25) is 14.4 Å². The van der Waals surface area contributed by atoms with Gasteiger partial charge in [-0.15, -0.1) is 0 Å². The molecule has 0 bridgehead atoms. The summed E-state index contributed by atoms with van der Waals surface area (Å²) in [6.45, 7) is 0.314. The van der Waals surface area contributed by atoms with Gasteiger partial charge in [0.1, 0.15) is 0 Å². The maximum absolute atomic E-state index is 12.2. The Morgan fingerprint density at radius 2 is 1.80 bits per heavy atom. The molecule has 0 atom stereocenters. The van der Waals surface area contributed by atoms with E-state index >= 15 is 0 Å². The SMILES string of the molecule is CNC(=O)CCN(C)C(=O)CC1(C(=O)O)CCCCC1. The lowest BCUT2D eigenvalue weighted by molar-refractivity contribution is -0.155. The van der Waals surface area contributed by atoms with Crippen molar-refractivity contribution in [1.82, 2.24) is 10.2 Å². The van der Waals surface area contributed by atoms with Gasteiger partial charge < -0.3 is 15.3 Å². The molecule has 1 aliphatic rings. The Hall–Kier alpha value is -1.59. The van der Waals surface area contributed by atoms with Crippen LogP contribution in [0, 0.1) is 5.41 Å². The second-order valence-electron chi connectivity index (χ2n) is 5.56. The molecule has 1 saturated carbocycles. The molecule has 0 aromatic carbocycles. The van der Waals surface area contributed by atoms with Crippen LogP contribution in [0.4, 0.5) is 0 Å². The first-order valence-electron chi connectivity index (χ1n) is 7.09. The van der Waals surface area contributed by atoms with Gasteiger partial charge in [0, 0.05) is 33.5 Å². The Morgan fingerprint density at radius 3 is 2.30 bits per heavy atom. The zero-order valence-electron chi connectivity index (χ0n) is 12.3. The highest BCUT2D eigenvalue weighted by atomic mass is 16.4. The topological polar surface area (TPSA) is 86.7 Å². The number of amides is 2. The van der Waals surface area contributed by atoms with Crippen molar-refractivity contribution in [2.24, 2.45) is 5.41 Å². The molecule has 0 radical (unpaired) electrons. The fourth-order valence-electron chi connectivity index (χ4n) is 2.64. The molecule has 1 aliphatic carbocycles. The van der Waals surface area contributed by atoms with Gasteiger partial charge in [-0.1, -0.05) is 19.3 Å². The van der Waals surface area contributed by atoms with Crippen LogP contribution in [0.5, 0.6) is 0 Å². The average molecular weight is 284 g/mol. The molecule has 114 valence electrons. The number of hydrogen-bond donors (Lipinski definition) is 2. The van der Waals surface area contributed by atoms with Gasteiger partial charge in [-0.2, -0.15) is 0 Å². The molecule has 0 unspecified atom stereocenters. The van der Waals surface area contributed by atoms with Crippen molar-refractivity contribution in [1.29, 1.82) is 0 Å². The van der Waals surface area contributed by atoms with E-state index in [1.54, 1.807) is 14.1 Å². The van der Waals surface area contributed by atoms with Gasteiger partial charge >= 0.3 is 5.97 Å². The summed E-state index contributed by atoms with van der Waals surface area (Å²) in [5.74, 6) is -1.20. The van der Waals surface area contributed by atoms with Gasteiger partial charge in [0.2, 0.25) is 11.8 Å². The number of rotatable bonds is 6. The smallest absolute Gasteiger partial charge is 0.310 e. The number of carboxylic acids is 1. The lowest BCUT2D eigenvalue weighted by atomic mass is 9.71. The number of hydrogen-bond acceptors (Lipinski definition) is 3. The highest BCUT2D eigenvalue weighted by molar-refractivity contribution is 5.85. The molecule has 0 heterocycles. The number of carbonyl (C=O) groups excluding carboxylic acids is 2. The highest BCUT2D eigenvalue weighted by Gasteiger charge is 2.41. The largest absolute Gasteiger partial charge is 0.481 e. The molecule has 0 aromatic rings. The molecule has 1 fully saturated rings. The summed E-state index contributed by atoms with van der Waals surface area (Å²) in [6.07, 6.45) is 4.17. The molecule has 1 rings (SSSR count). The Morgan fingerprint density at radius 1 is 1.20 bits per heavy atom. The van der Waals surface area contributed by atoms with Crippen LogP contribution in [0.2, 0.25) is 0 Å². The van der Waals surface area contributed by atoms with E-state index in [-0.39, 0.29) is 24.7 Å². The average Bonchev–Trinajstić information content (AvgIpc) is 2.44. The van der Waals surface area contributed by atoms with Crippen molar-refractivity contribution in [2.75, 3.05) is 20.6 Å². The van der Waals surface area contributed by atoms with E-state index in [1.165, 1.54) is 4.90 Å². The maximum Gasteiger partial charge on any atom is 0.310 e. The van der Waals surface area contributed by atoms with Crippen LogP contribution >= 0.6 is 0 Å². The first-order chi connectivity index (χ1) is 9.41. The molecule has 6 nitrogen and oxygen atoms in total. The van der Waals surface area contributed by atoms with Gasteiger partial charge in [-0.25, -0.2) is 0 Å². The van der Waals surface area contributed by atoms with Crippen molar-refractivity contribution in [3.63, 3.8) is 0 Å². The van der Waals surface area contributed by atoms with Crippen molar-refractivity contribution < 1.29 is 19.5 Å². The van der Waals surface area contributed by atoms with E-state index in [1.807, 2.05) is 0 Å². The minimum Gasteiger partial charge on any atom is -0.481 e. The molecule has 2 amide bonds. The van der Waals surface area contributed by atoms with Crippen LogP contribution in [0.25, 0.3) is 0 Å². The summed E-state index contributed by atoms with van der Waals surface area (Å²) in [4.78, 5) is 36.3. The first kappa shape index (κ1) is 16.5. The molecular formula is C14H24N2O4. The van der Waals surface area contributed by atoms with Crippen LogP contribution < -0.4 is 5.32 Å². The second kappa shape index (κ2) is 7.26. The number of nitrogens with zero attached hydrogens (tertiary/aromatic N) is 1. The molecule has 0 aromatic heterocycles. The van der Waals surface area contributed by atoms with Gasteiger partial charge in [-0.05, 0) is 12.8 Å². The monoisotopic (exact) mass is 284 g/mol. The van der Waals surface area contributed by atoms with E-state index < -0.39 is 11.4 Å². The minimum atomic E-state index is -0.906. The fraction of sp³-hybridized carbons (Fsp3) is 0.786. The lowest BCUT2D eigenvalue weighted by Crippen LogP contribution is -2.40. The summed E-state index contributed by atoms with van der Waals surface area (Å²) < 4.78 is 0. The van der Waals surface area contributed by atoms with Gasteiger partial charge in [0.25, 0.3) is 0 Å². The summed E-state index contributed by atoms with van der Waals surface area (Å²) in [5, 5.41) is 11.9. The van der Waals surface area contributed by atoms with Crippen molar-refractivity contribution in [3.05, 3.63) is 0 Å². The van der Waals surface area contributed by atoms with Crippen LogP contribution in [-0.4, -0.2) is 48.4 Å². The quantitative estimate of drug-likeness (QED) is 0.762. The number of carbonyl (C=O) groups is 3. The predicted molar refractivity (Wildman–Crippen MR) is 74.1 cm³/mol. The minimum absolute atomic E-state index is 0.0343. The summed E-state index contributed by atoms with van der Waals surface area (Å²) >= 11 is 0. The predicted octanol–water partition coefficient (Wildman–Crippen LogP) is 1.01. The van der Waals surface area contributed by atoms with Gasteiger partial charge in [0.05, 0.1) is 5.41 Å². The van der Waals surface area contributed by atoms with E-state index in [9.17, 15) is 19.5 Å². The summed E-state index contributed by atoms with van der Waals surface area (Å²) in [5.41, 5.74) is -0.906. The number of aliphatic carboxylic acids is 1. The third kappa shape index (κ3) is 4.21. The normalized spacial score (nSPS) is 17.3. The Labute approximate surface area is 119 Å². The number of nitrogens with one attached hydrogen (secondary N) is 1. The molecule has 0 aliphatic heterocycles. The summed E-state index contributed by atoms with van der Waals surface area (Å²) in [6, 6.07) is 0. The molecule has 20 heavy (non-hydrogen) atoms. The summed E-state index contributed by atoms with van der Waals surface area (Å²) in [7, 11) is 3.16. The third-order valence-electron chi connectivity index (χ3n) is 4.13. The van der Waals surface area contributed by atoms with Gasteiger partial charge in [0.15, 0.2) is 0 Å². The molecule has 0 saturated heterocycles. The van der Waals surface area contributed by atoms with Crippen molar-refractivity contribution in [3.8, 4) is 0 Å². The highest BCUT2D eigenvalue weighted by Crippen LogP contribution is 2.39. The third-order valence-corrected chi connectivity index (χ3v) is 4.13. The maximum atomic E-state index is 12.2. The molecular weight excluding hydrogens is 260 g/mol. The molecule has 2 N–H and O–H groups in total. The zero-order valence-corrected chi connectivity index (χ0v) is 12.3. The van der Waals surface area contributed by atoms with Crippen LogP contribution in [0.15, 0.2) is 0 Å². The van der Waals surface area contributed by atoms with E-state index in [4.69, 9.17) is 0 Å². The van der Waals surface area contributed by atoms with E-state index in [2.05, 4.69) is 5.32 Å². The van der Waals surface area contributed by atoms with Crippen LogP contribution in [0.3, 0.4) is 0 Å². The Balaban J connectivity index is 2.57. The number of carboxylic acid groups (broad SMARTS) is 1. The van der Waals surface area contributed by atoms with E-state index in [0.717, 1.165) is 19.3 Å². The Bertz CT molecular complexity index is 375. The molecule has 0 spiro atoms. The first-order valence-corrected chi connectivity index (χ1v) is 7.09. The van der Waals surface area contributed by atoms with E-state index in [0.29, 0.717) is 19.4 Å². The second-order valence-corrected chi connectivity index (χ2v) is 5.56. The molecule has 6 heteroatoms. The van der Waals surface area contributed by atoms with Crippen LogP contribution in [-0.2, 0) is 14.4 Å². The Kier molecular flexibility index (Phi) is 5.98. The zero-order chi connectivity index (χ0) is 15.2. The standard InChI is InChI=1S/C14H24N2O4/c1-15-11(17)6-9-16(2)12(18)10-14(13(19)20)7-4-3-5-8-14/h3-10H2,1-2H3,(H,15,17)(H,19,20). The lowest BCUT2D eigenvalue weighted by Gasteiger charge is -2.33. The fourth-order valence-corrected chi connectivity index (χ4v) is 2.64. The van der Waals surface area contributed by atoms with Crippen LogP contribution in [0.1, 0.15) is 44.9 Å². The van der Waals surface area contributed by atoms with Crippen molar-refractivity contribution >= 4 is 17.8 Å². The van der Waals surface area contributed by atoms with Crippen molar-refractivity contribution in [2.45, 2.75) is 44.9 Å².